The topological polar surface area (TPSA) is 53.4 Å². The smallest absolute Gasteiger partial charge is 0.257 e. The molecule has 1 N–H and O–H groups in total. The lowest BCUT2D eigenvalue weighted by molar-refractivity contribution is 0.0772. The molecule has 2 saturated heterocycles. The molecule has 2 aliphatic rings. The summed E-state index contributed by atoms with van der Waals surface area (Å²) in [4.78, 5) is 17.4. The van der Waals surface area contributed by atoms with Crippen LogP contribution >= 0.6 is 12.4 Å². The Hall–Kier alpha value is -1.11. The zero-order valence-electron chi connectivity index (χ0n) is 15.0. The van der Waals surface area contributed by atoms with Gasteiger partial charge in [-0.2, -0.15) is 5.10 Å². The van der Waals surface area contributed by atoms with Crippen LogP contribution in [0.4, 0.5) is 0 Å². The van der Waals surface area contributed by atoms with Gasteiger partial charge in [-0.05, 0) is 19.3 Å². The number of nitrogens with zero attached hydrogens (tertiary/aromatic N) is 4. The summed E-state index contributed by atoms with van der Waals surface area (Å²) in [5.74, 6) is 0.676. The van der Waals surface area contributed by atoms with Crippen LogP contribution in [0, 0.1) is 12.8 Å². The molecule has 0 saturated carbocycles. The van der Waals surface area contributed by atoms with Gasteiger partial charge in [0.05, 0.1) is 11.8 Å². The Labute approximate surface area is 151 Å². The van der Waals surface area contributed by atoms with Crippen LogP contribution in [0.15, 0.2) is 6.20 Å². The molecule has 1 atom stereocenters. The lowest BCUT2D eigenvalue weighted by atomic mass is 10.2. The van der Waals surface area contributed by atoms with Gasteiger partial charge in [0.15, 0.2) is 0 Å². The summed E-state index contributed by atoms with van der Waals surface area (Å²) in [5.41, 5.74) is 1.76. The molecule has 0 aliphatic carbocycles. The highest BCUT2D eigenvalue weighted by molar-refractivity contribution is 5.95. The number of hydrogen-bond donors (Lipinski definition) is 1. The Morgan fingerprint density at radius 2 is 2.04 bits per heavy atom. The highest BCUT2D eigenvalue weighted by Crippen LogP contribution is 2.20. The molecule has 0 spiro atoms. The molecular weight excluding hydrogens is 326 g/mol. The number of likely N-dealkylation sites (tertiary alicyclic amines) is 1. The predicted octanol–water partition coefficient (Wildman–Crippen LogP) is 1.39. The Morgan fingerprint density at radius 1 is 1.33 bits per heavy atom. The van der Waals surface area contributed by atoms with Gasteiger partial charge >= 0.3 is 0 Å². The summed E-state index contributed by atoms with van der Waals surface area (Å²) < 4.78 is 1.96. The lowest BCUT2D eigenvalue weighted by Gasteiger charge is -2.32. The molecule has 136 valence electrons. The van der Waals surface area contributed by atoms with Crippen molar-refractivity contribution in [1.82, 2.24) is 24.9 Å². The van der Waals surface area contributed by atoms with Crippen LogP contribution < -0.4 is 5.32 Å². The van der Waals surface area contributed by atoms with Crippen molar-refractivity contribution in [2.75, 3.05) is 39.3 Å². The van der Waals surface area contributed by atoms with E-state index in [4.69, 9.17) is 0 Å². The first-order chi connectivity index (χ1) is 11.1. The quantitative estimate of drug-likeness (QED) is 0.886. The van der Waals surface area contributed by atoms with Crippen molar-refractivity contribution in [2.45, 2.75) is 39.8 Å². The molecule has 3 heterocycles. The maximum atomic E-state index is 12.8. The largest absolute Gasteiger partial charge is 0.337 e. The van der Waals surface area contributed by atoms with Crippen molar-refractivity contribution in [3.63, 3.8) is 0 Å². The minimum absolute atomic E-state index is 0. The van der Waals surface area contributed by atoms with Gasteiger partial charge in [-0.15, -0.1) is 12.4 Å². The summed E-state index contributed by atoms with van der Waals surface area (Å²) >= 11 is 0. The van der Waals surface area contributed by atoms with Crippen LogP contribution in [0.3, 0.4) is 0 Å². The van der Waals surface area contributed by atoms with E-state index in [2.05, 4.69) is 29.2 Å². The molecule has 1 unspecified atom stereocenters. The number of halogens is 1. The fraction of sp³-hybridized carbons (Fsp3) is 0.765. The maximum Gasteiger partial charge on any atom is 0.257 e. The monoisotopic (exact) mass is 355 g/mol. The van der Waals surface area contributed by atoms with E-state index in [9.17, 15) is 4.79 Å². The number of amides is 1. The summed E-state index contributed by atoms with van der Waals surface area (Å²) in [6.45, 7) is 13.2. The third-order valence-electron chi connectivity index (χ3n) is 4.99. The van der Waals surface area contributed by atoms with Crippen LogP contribution in [0.25, 0.3) is 0 Å². The first-order valence-electron chi connectivity index (χ1n) is 8.82. The molecule has 3 rings (SSSR count). The molecule has 0 aromatic carbocycles. The second-order valence-electron chi connectivity index (χ2n) is 7.20. The molecule has 7 heteroatoms. The van der Waals surface area contributed by atoms with E-state index in [1.165, 1.54) is 0 Å². The molecule has 1 aromatic rings. The standard InChI is InChI=1S/C17H29N5O.ClH/c1-13(2)11-22-14(3)16(10-19-22)17(23)21-7-4-15(12-21)20-8-5-18-6-9-20;/h10,13,15,18H,4-9,11-12H2,1-3H3;1H. The third-order valence-corrected chi connectivity index (χ3v) is 4.99. The maximum absolute atomic E-state index is 12.8. The Morgan fingerprint density at radius 3 is 2.71 bits per heavy atom. The molecule has 2 fully saturated rings. The average Bonchev–Trinajstić information content (AvgIpc) is 3.16. The van der Waals surface area contributed by atoms with Crippen LogP contribution in [0.2, 0.25) is 0 Å². The first kappa shape index (κ1) is 19.2. The summed E-state index contributed by atoms with van der Waals surface area (Å²) in [6.07, 6.45) is 2.84. The molecular formula is C17H30ClN5O. The average molecular weight is 356 g/mol. The van der Waals surface area contributed by atoms with Crippen molar-refractivity contribution >= 4 is 18.3 Å². The number of carbonyl (C=O) groups excluding carboxylic acids is 1. The predicted molar refractivity (Wildman–Crippen MR) is 97.8 cm³/mol. The van der Waals surface area contributed by atoms with Crippen molar-refractivity contribution in [3.8, 4) is 0 Å². The zero-order valence-corrected chi connectivity index (χ0v) is 15.8. The van der Waals surface area contributed by atoms with Crippen molar-refractivity contribution in [1.29, 1.82) is 0 Å². The number of carbonyl (C=O) groups is 1. The van der Waals surface area contributed by atoms with E-state index in [1.807, 2.05) is 16.5 Å². The van der Waals surface area contributed by atoms with Gasteiger partial charge in [0.25, 0.3) is 5.91 Å². The van der Waals surface area contributed by atoms with E-state index >= 15 is 0 Å². The van der Waals surface area contributed by atoms with Crippen LogP contribution in [0.1, 0.15) is 36.3 Å². The highest BCUT2D eigenvalue weighted by atomic mass is 35.5. The number of hydrogen-bond acceptors (Lipinski definition) is 4. The molecule has 0 bridgehead atoms. The molecule has 0 radical (unpaired) electrons. The van der Waals surface area contributed by atoms with E-state index in [0.29, 0.717) is 12.0 Å². The number of piperazine rings is 1. The normalized spacial score (nSPS) is 22.0. The van der Waals surface area contributed by atoms with E-state index < -0.39 is 0 Å². The second kappa shape index (κ2) is 8.32. The molecule has 2 aliphatic heterocycles. The second-order valence-corrected chi connectivity index (χ2v) is 7.20. The van der Waals surface area contributed by atoms with Gasteiger partial charge in [-0.1, -0.05) is 13.8 Å². The highest BCUT2D eigenvalue weighted by Gasteiger charge is 2.32. The summed E-state index contributed by atoms with van der Waals surface area (Å²) in [6, 6.07) is 0.520. The minimum atomic E-state index is 0. The number of aromatic nitrogens is 2. The Balaban J connectivity index is 0.00000208. The van der Waals surface area contributed by atoms with E-state index in [-0.39, 0.29) is 18.3 Å². The first-order valence-corrected chi connectivity index (χ1v) is 8.82. The SMILES string of the molecule is Cc1c(C(=O)N2CCC(N3CCNCC3)C2)cnn1CC(C)C.Cl. The van der Waals surface area contributed by atoms with Crippen molar-refractivity contribution in [2.24, 2.45) is 5.92 Å². The van der Waals surface area contributed by atoms with E-state index in [1.54, 1.807) is 6.20 Å². The number of rotatable bonds is 4. The van der Waals surface area contributed by atoms with Crippen molar-refractivity contribution < 1.29 is 4.79 Å². The fourth-order valence-electron chi connectivity index (χ4n) is 3.63. The van der Waals surface area contributed by atoms with Gasteiger partial charge < -0.3 is 10.2 Å². The van der Waals surface area contributed by atoms with Gasteiger partial charge in [-0.3, -0.25) is 14.4 Å². The zero-order chi connectivity index (χ0) is 16.4. The lowest BCUT2D eigenvalue weighted by Crippen LogP contribution is -2.49. The molecule has 1 amide bonds. The Kier molecular flexibility index (Phi) is 6.66. The molecule has 1 aromatic heterocycles. The van der Waals surface area contributed by atoms with Crippen LogP contribution in [-0.2, 0) is 6.54 Å². The van der Waals surface area contributed by atoms with Gasteiger partial charge in [0.1, 0.15) is 0 Å². The van der Waals surface area contributed by atoms with Crippen LogP contribution in [0.5, 0.6) is 0 Å². The minimum Gasteiger partial charge on any atom is -0.337 e. The molecule has 24 heavy (non-hydrogen) atoms. The third kappa shape index (κ3) is 4.10. The van der Waals surface area contributed by atoms with Crippen LogP contribution in [-0.4, -0.2) is 70.8 Å². The van der Waals surface area contributed by atoms with Crippen molar-refractivity contribution in [3.05, 3.63) is 17.5 Å². The molecule has 6 nitrogen and oxygen atoms in total. The number of nitrogens with one attached hydrogen (secondary N) is 1. The fourth-order valence-corrected chi connectivity index (χ4v) is 3.63. The summed E-state index contributed by atoms with van der Waals surface area (Å²) in [7, 11) is 0. The summed E-state index contributed by atoms with van der Waals surface area (Å²) in [5, 5.41) is 7.80. The Bertz CT molecular complexity index is 553. The van der Waals surface area contributed by atoms with Gasteiger partial charge in [0.2, 0.25) is 0 Å². The van der Waals surface area contributed by atoms with Gasteiger partial charge in [0, 0.05) is 57.5 Å². The van der Waals surface area contributed by atoms with E-state index in [0.717, 1.165) is 63.5 Å². The van der Waals surface area contributed by atoms with Gasteiger partial charge in [-0.25, -0.2) is 0 Å².